The predicted molar refractivity (Wildman–Crippen MR) is 68.8 cm³/mol. The predicted octanol–water partition coefficient (Wildman–Crippen LogP) is 2.44. The number of halogens is 1. The Labute approximate surface area is 111 Å². The molecule has 0 aliphatic carbocycles. The molecule has 18 heavy (non-hydrogen) atoms. The lowest BCUT2D eigenvalue weighted by molar-refractivity contribution is -0.0339. The molecule has 1 fully saturated rings. The summed E-state index contributed by atoms with van der Waals surface area (Å²) in [7, 11) is 0. The largest absolute Gasteiger partial charge is 0.452 e. The first-order valence-corrected chi connectivity index (χ1v) is 6.34. The van der Waals surface area contributed by atoms with Gasteiger partial charge in [0.05, 0.1) is 12.7 Å². The maximum Gasteiger partial charge on any atom is 0.403 e. The SMILES string of the molecule is O=C(Cl)OCCN1CCOC(c2ccccc2)C1. The van der Waals surface area contributed by atoms with Crippen LogP contribution in [0.1, 0.15) is 11.7 Å². The summed E-state index contributed by atoms with van der Waals surface area (Å²) in [6.07, 6.45) is 0.0895. The summed E-state index contributed by atoms with van der Waals surface area (Å²) in [5.74, 6) is 0. The summed E-state index contributed by atoms with van der Waals surface area (Å²) < 4.78 is 10.5. The van der Waals surface area contributed by atoms with E-state index in [2.05, 4.69) is 17.0 Å². The molecular formula is C13H16ClNO3. The van der Waals surface area contributed by atoms with Gasteiger partial charge in [-0.15, -0.1) is 0 Å². The van der Waals surface area contributed by atoms with Crippen LogP contribution in [0.25, 0.3) is 0 Å². The molecule has 1 aliphatic rings. The number of benzene rings is 1. The van der Waals surface area contributed by atoms with Crippen LogP contribution < -0.4 is 0 Å². The van der Waals surface area contributed by atoms with Crippen LogP contribution in [0.2, 0.25) is 0 Å². The minimum Gasteiger partial charge on any atom is -0.452 e. The van der Waals surface area contributed by atoms with Crippen molar-refractivity contribution >= 4 is 17.0 Å². The van der Waals surface area contributed by atoms with E-state index in [1.54, 1.807) is 0 Å². The molecule has 0 amide bonds. The van der Waals surface area contributed by atoms with Gasteiger partial charge in [0.15, 0.2) is 0 Å². The smallest absolute Gasteiger partial charge is 0.403 e. The van der Waals surface area contributed by atoms with Crippen molar-refractivity contribution < 1.29 is 14.3 Å². The highest BCUT2D eigenvalue weighted by molar-refractivity contribution is 6.61. The molecule has 2 rings (SSSR count). The molecule has 4 nitrogen and oxygen atoms in total. The van der Waals surface area contributed by atoms with E-state index in [9.17, 15) is 4.79 Å². The fourth-order valence-electron chi connectivity index (χ4n) is 2.03. The highest BCUT2D eigenvalue weighted by Crippen LogP contribution is 2.21. The normalized spacial score (nSPS) is 20.6. The van der Waals surface area contributed by atoms with Gasteiger partial charge in [-0.1, -0.05) is 30.3 Å². The molecule has 0 bridgehead atoms. The van der Waals surface area contributed by atoms with Crippen LogP contribution in [-0.2, 0) is 9.47 Å². The number of rotatable bonds is 4. The lowest BCUT2D eigenvalue weighted by atomic mass is 10.1. The Hall–Kier alpha value is -1.10. The molecule has 1 unspecified atom stereocenters. The molecule has 0 saturated carbocycles. The Kier molecular flexibility index (Phi) is 4.99. The monoisotopic (exact) mass is 269 g/mol. The first-order valence-electron chi connectivity index (χ1n) is 5.97. The lowest BCUT2D eigenvalue weighted by Crippen LogP contribution is -2.40. The standard InChI is InChI=1S/C13H16ClNO3/c14-13(16)18-9-7-15-6-8-17-12(10-15)11-4-2-1-3-5-11/h1-5,12H,6-10H2. The summed E-state index contributed by atoms with van der Waals surface area (Å²) in [6.45, 7) is 3.36. The van der Waals surface area contributed by atoms with E-state index in [0.29, 0.717) is 19.8 Å². The average Bonchev–Trinajstić information content (AvgIpc) is 2.40. The zero-order valence-electron chi connectivity index (χ0n) is 10.0. The Balaban J connectivity index is 1.83. The molecule has 1 aromatic carbocycles. The van der Waals surface area contributed by atoms with Gasteiger partial charge in [-0.25, -0.2) is 4.79 Å². The fourth-order valence-corrected chi connectivity index (χ4v) is 2.11. The van der Waals surface area contributed by atoms with Gasteiger partial charge in [0.1, 0.15) is 6.61 Å². The third kappa shape index (κ3) is 3.98. The number of hydrogen-bond donors (Lipinski definition) is 0. The van der Waals surface area contributed by atoms with E-state index >= 15 is 0 Å². The molecule has 1 atom stereocenters. The van der Waals surface area contributed by atoms with E-state index in [1.165, 1.54) is 5.56 Å². The van der Waals surface area contributed by atoms with Crippen molar-refractivity contribution in [1.29, 1.82) is 0 Å². The molecule has 1 heterocycles. The molecule has 5 heteroatoms. The van der Waals surface area contributed by atoms with Crippen molar-refractivity contribution in [2.45, 2.75) is 6.10 Å². The summed E-state index contributed by atoms with van der Waals surface area (Å²) in [4.78, 5) is 12.7. The Bertz CT molecular complexity index is 385. The molecule has 0 spiro atoms. The zero-order valence-corrected chi connectivity index (χ0v) is 10.8. The van der Waals surface area contributed by atoms with Gasteiger partial charge in [0, 0.05) is 31.2 Å². The van der Waals surface area contributed by atoms with Crippen molar-refractivity contribution in [3.63, 3.8) is 0 Å². The van der Waals surface area contributed by atoms with E-state index in [1.807, 2.05) is 18.2 Å². The molecule has 0 radical (unpaired) electrons. The average molecular weight is 270 g/mol. The Morgan fingerprint density at radius 2 is 2.22 bits per heavy atom. The number of carbonyl (C=O) groups is 1. The van der Waals surface area contributed by atoms with E-state index < -0.39 is 5.43 Å². The maximum atomic E-state index is 10.5. The highest BCUT2D eigenvalue weighted by atomic mass is 35.5. The van der Waals surface area contributed by atoms with Gasteiger partial charge in [-0.2, -0.15) is 0 Å². The number of morpholine rings is 1. The van der Waals surface area contributed by atoms with Gasteiger partial charge in [0.2, 0.25) is 0 Å². The van der Waals surface area contributed by atoms with E-state index in [0.717, 1.165) is 13.1 Å². The van der Waals surface area contributed by atoms with Crippen LogP contribution in [0, 0.1) is 0 Å². The molecule has 1 aromatic rings. The van der Waals surface area contributed by atoms with Crippen LogP contribution >= 0.6 is 11.6 Å². The van der Waals surface area contributed by atoms with Crippen LogP contribution in [0.5, 0.6) is 0 Å². The van der Waals surface area contributed by atoms with Crippen LogP contribution in [0.15, 0.2) is 30.3 Å². The summed E-state index contributed by atoms with van der Waals surface area (Å²) in [5.41, 5.74) is 0.430. The van der Waals surface area contributed by atoms with Crippen molar-refractivity contribution in [3.05, 3.63) is 35.9 Å². The van der Waals surface area contributed by atoms with Crippen molar-refractivity contribution in [3.8, 4) is 0 Å². The second kappa shape index (κ2) is 6.73. The third-order valence-electron chi connectivity index (χ3n) is 2.94. The summed E-state index contributed by atoms with van der Waals surface area (Å²) in [5, 5.41) is 0. The van der Waals surface area contributed by atoms with Crippen LogP contribution in [0.3, 0.4) is 0 Å². The van der Waals surface area contributed by atoms with Crippen LogP contribution in [-0.4, -0.2) is 43.2 Å². The summed E-state index contributed by atoms with van der Waals surface area (Å²) in [6, 6.07) is 10.1. The quantitative estimate of drug-likeness (QED) is 0.787. The van der Waals surface area contributed by atoms with Gasteiger partial charge in [-0.05, 0) is 5.56 Å². The first kappa shape index (κ1) is 13.3. The molecule has 1 saturated heterocycles. The molecular weight excluding hydrogens is 254 g/mol. The van der Waals surface area contributed by atoms with Gasteiger partial charge in [-0.3, -0.25) is 4.90 Å². The molecule has 0 aromatic heterocycles. The number of hydrogen-bond acceptors (Lipinski definition) is 4. The number of nitrogens with zero attached hydrogens (tertiary/aromatic N) is 1. The second-order valence-corrected chi connectivity index (χ2v) is 4.47. The lowest BCUT2D eigenvalue weighted by Gasteiger charge is -2.32. The molecule has 0 N–H and O–H groups in total. The van der Waals surface area contributed by atoms with Crippen molar-refractivity contribution in [2.75, 3.05) is 32.8 Å². The highest BCUT2D eigenvalue weighted by Gasteiger charge is 2.21. The molecule has 98 valence electrons. The zero-order chi connectivity index (χ0) is 12.8. The number of carbonyl (C=O) groups excluding carboxylic acids is 1. The topological polar surface area (TPSA) is 38.8 Å². The van der Waals surface area contributed by atoms with Gasteiger partial charge in [0.25, 0.3) is 0 Å². The third-order valence-corrected chi connectivity index (χ3v) is 3.05. The van der Waals surface area contributed by atoms with Crippen LogP contribution in [0.4, 0.5) is 4.79 Å². The van der Waals surface area contributed by atoms with Gasteiger partial charge >= 0.3 is 5.43 Å². The molecule has 1 aliphatic heterocycles. The first-order chi connectivity index (χ1) is 8.75. The van der Waals surface area contributed by atoms with E-state index in [4.69, 9.17) is 21.1 Å². The van der Waals surface area contributed by atoms with Crippen molar-refractivity contribution in [2.24, 2.45) is 0 Å². The second-order valence-electron chi connectivity index (χ2n) is 4.16. The van der Waals surface area contributed by atoms with Crippen molar-refractivity contribution in [1.82, 2.24) is 4.90 Å². The minimum atomic E-state index is -0.747. The van der Waals surface area contributed by atoms with E-state index in [-0.39, 0.29) is 6.10 Å². The summed E-state index contributed by atoms with van der Waals surface area (Å²) >= 11 is 5.12. The maximum absolute atomic E-state index is 10.5. The minimum absolute atomic E-state index is 0.0895. The Morgan fingerprint density at radius 3 is 2.94 bits per heavy atom. The fraction of sp³-hybridized carbons (Fsp3) is 0.462. The number of ether oxygens (including phenoxy) is 2. The Morgan fingerprint density at radius 1 is 1.44 bits per heavy atom. The van der Waals surface area contributed by atoms with Gasteiger partial charge < -0.3 is 9.47 Å².